The highest BCUT2D eigenvalue weighted by atomic mass is 15.2. The maximum Gasteiger partial charge on any atom is 0.0992 e. The van der Waals surface area contributed by atoms with Crippen molar-refractivity contribution in [2.24, 2.45) is 0 Å². The fourth-order valence-electron chi connectivity index (χ4n) is 3.85. The zero-order chi connectivity index (χ0) is 13.9. The van der Waals surface area contributed by atoms with Crippen molar-refractivity contribution in [3.8, 4) is 6.07 Å². The molecule has 3 nitrogen and oxygen atoms in total. The van der Waals surface area contributed by atoms with Gasteiger partial charge in [0.1, 0.15) is 0 Å². The Hall–Kier alpha value is -1.53. The number of hydrogen-bond acceptors (Lipinski definition) is 3. The Morgan fingerprint density at radius 3 is 2.70 bits per heavy atom. The van der Waals surface area contributed by atoms with Gasteiger partial charge in [0, 0.05) is 23.8 Å². The van der Waals surface area contributed by atoms with Crippen molar-refractivity contribution in [3.05, 3.63) is 29.8 Å². The summed E-state index contributed by atoms with van der Waals surface area (Å²) in [6, 6.07) is 12.3. The number of fused-ring (bicyclic) bond motifs is 2. The summed E-state index contributed by atoms with van der Waals surface area (Å²) in [5.74, 6) is 0. The van der Waals surface area contributed by atoms with E-state index in [4.69, 9.17) is 5.26 Å². The van der Waals surface area contributed by atoms with E-state index in [1.165, 1.54) is 37.8 Å². The molecule has 0 aliphatic carbocycles. The SMILES string of the molecule is CCCNC1CC2CCC(C1)N2c1cccc(C#N)c1. The van der Waals surface area contributed by atoms with E-state index in [9.17, 15) is 0 Å². The van der Waals surface area contributed by atoms with Crippen molar-refractivity contribution in [2.45, 2.75) is 57.2 Å². The van der Waals surface area contributed by atoms with Crippen molar-refractivity contribution in [1.82, 2.24) is 5.32 Å². The fourth-order valence-corrected chi connectivity index (χ4v) is 3.85. The van der Waals surface area contributed by atoms with E-state index in [-0.39, 0.29) is 0 Å². The third-order valence-electron chi connectivity index (χ3n) is 4.69. The van der Waals surface area contributed by atoms with Crippen molar-refractivity contribution >= 4 is 5.69 Å². The Labute approximate surface area is 121 Å². The van der Waals surface area contributed by atoms with Crippen molar-refractivity contribution < 1.29 is 0 Å². The molecular weight excluding hydrogens is 246 g/mol. The first-order valence-corrected chi connectivity index (χ1v) is 7.83. The molecular formula is C17H23N3. The molecule has 20 heavy (non-hydrogen) atoms. The number of benzene rings is 1. The van der Waals surface area contributed by atoms with E-state index < -0.39 is 0 Å². The number of rotatable bonds is 4. The molecule has 2 heterocycles. The molecule has 2 aliphatic rings. The number of nitriles is 1. The van der Waals surface area contributed by atoms with Gasteiger partial charge in [-0.2, -0.15) is 5.26 Å². The summed E-state index contributed by atoms with van der Waals surface area (Å²) in [7, 11) is 0. The first-order chi connectivity index (χ1) is 9.81. The molecule has 2 atom stereocenters. The highest BCUT2D eigenvalue weighted by Gasteiger charge is 2.40. The van der Waals surface area contributed by atoms with Gasteiger partial charge in [0.15, 0.2) is 0 Å². The molecule has 2 bridgehead atoms. The maximum absolute atomic E-state index is 9.07. The highest BCUT2D eigenvalue weighted by molar-refractivity contribution is 5.54. The molecule has 0 amide bonds. The molecule has 1 N–H and O–H groups in total. The van der Waals surface area contributed by atoms with Gasteiger partial charge in [0.25, 0.3) is 0 Å². The number of piperidine rings is 1. The summed E-state index contributed by atoms with van der Waals surface area (Å²) in [5, 5.41) is 12.8. The third-order valence-corrected chi connectivity index (χ3v) is 4.69. The second kappa shape index (κ2) is 5.85. The lowest BCUT2D eigenvalue weighted by molar-refractivity contribution is 0.357. The largest absolute Gasteiger partial charge is 0.365 e. The van der Waals surface area contributed by atoms with E-state index in [2.05, 4.69) is 29.3 Å². The van der Waals surface area contributed by atoms with E-state index in [0.29, 0.717) is 18.1 Å². The molecule has 0 spiro atoms. The molecule has 3 rings (SSSR count). The van der Waals surface area contributed by atoms with Crippen LogP contribution >= 0.6 is 0 Å². The van der Waals surface area contributed by atoms with Crippen LogP contribution in [0.5, 0.6) is 0 Å². The second-order valence-electron chi connectivity index (χ2n) is 6.08. The summed E-state index contributed by atoms with van der Waals surface area (Å²) < 4.78 is 0. The van der Waals surface area contributed by atoms with Gasteiger partial charge in [0.05, 0.1) is 11.6 Å². The quantitative estimate of drug-likeness (QED) is 0.913. The van der Waals surface area contributed by atoms with Crippen molar-refractivity contribution in [1.29, 1.82) is 5.26 Å². The monoisotopic (exact) mass is 269 g/mol. The van der Waals surface area contributed by atoms with Gasteiger partial charge in [-0.25, -0.2) is 0 Å². The molecule has 0 saturated carbocycles. The van der Waals surface area contributed by atoms with Crippen LogP contribution in [0, 0.1) is 11.3 Å². The minimum absolute atomic E-state index is 0.650. The van der Waals surface area contributed by atoms with Gasteiger partial charge in [0.2, 0.25) is 0 Å². The van der Waals surface area contributed by atoms with Crippen LogP contribution in [-0.2, 0) is 0 Å². The smallest absolute Gasteiger partial charge is 0.0992 e. The first kappa shape index (κ1) is 13.5. The molecule has 2 aliphatic heterocycles. The highest BCUT2D eigenvalue weighted by Crippen LogP contribution is 2.39. The van der Waals surface area contributed by atoms with Gasteiger partial charge >= 0.3 is 0 Å². The Balaban J connectivity index is 1.75. The summed E-state index contributed by atoms with van der Waals surface area (Å²) >= 11 is 0. The van der Waals surface area contributed by atoms with Gasteiger partial charge in [-0.1, -0.05) is 13.0 Å². The van der Waals surface area contributed by atoms with Crippen LogP contribution in [0.2, 0.25) is 0 Å². The van der Waals surface area contributed by atoms with Crippen LogP contribution in [0.3, 0.4) is 0 Å². The summed E-state index contributed by atoms with van der Waals surface area (Å²) in [6.07, 6.45) is 6.29. The zero-order valence-electron chi connectivity index (χ0n) is 12.2. The fraction of sp³-hybridized carbons (Fsp3) is 0.588. The van der Waals surface area contributed by atoms with E-state index >= 15 is 0 Å². The molecule has 2 unspecified atom stereocenters. The summed E-state index contributed by atoms with van der Waals surface area (Å²) in [4.78, 5) is 2.57. The minimum Gasteiger partial charge on any atom is -0.365 e. The number of nitrogens with zero attached hydrogens (tertiary/aromatic N) is 2. The lowest BCUT2D eigenvalue weighted by Crippen LogP contribution is -2.49. The zero-order valence-corrected chi connectivity index (χ0v) is 12.2. The Morgan fingerprint density at radius 2 is 2.05 bits per heavy atom. The molecule has 106 valence electrons. The minimum atomic E-state index is 0.650. The lowest BCUT2D eigenvalue weighted by Gasteiger charge is -2.41. The maximum atomic E-state index is 9.07. The normalized spacial score (nSPS) is 28.4. The Bertz CT molecular complexity index is 491. The van der Waals surface area contributed by atoms with Crippen LogP contribution in [-0.4, -0.2) is 24.7 Å². The molecule has 0 aromatic heterocycles. The number of anilines is 1. The lowest BCUT2D eigenvalue weighted by atomic mass is 9.96. The molecule has 3 heteroatoms. The first-order valence-electron chi connectivity index (χ1n) is 7.83. The average molecular weight is 269 g/mol. The van der Waals surface area contributed by atoms with Gasteiger partial charge in [-0.3, -0.25) is 0 Å². The van der Waals surface area contributed by atoms with Crippen LogP contribution in [0.1, 0.15) is 44.6 Å². The topological polar surface area (TPSA) is 39.1 Å². The average Bonchev–Trinajstić information content (AvgIpc) is 2.76. The van der Waals surface area contributed by atoms with E-state index in [1.54, 1.807) is 0 Å². The predicted octanol–water partition coefficient (Wildman–Crippen LogP) is 3.06. The molecule has 1 aromatic rings. The van der Waals surface area contributed by atoms with Gasteiger partial charge in [-0.05, 0) is 56.8 Å². The summed E-state index contributed by atoms with van der Waals surface area (Å²) in [5.41, 5.74) is 2.01. The van der Waals surface area contributed by atoms with Crippen LogP contribution < -0.4 is 10.2 Å². The third kappa shape index (κ3) is 2.53. The van der Waals surface area contributed by atoms with E-state index in [1.807, 2.05) is 18.2 Å². The molecule has 0 radical (unpaired) electrons. The van der Waals surface area contributed by atoms with Crippen molar-refractivity contribution in [2.75, 3.05) is 11.4 Å². The van der Waals surface area contributed by atoms with Gasteiger partial charge < -0.3 is 10.2 Å². The van der Waals surface area contributed by atoms with Gasteiger partial charge in [-0.15, -0.1) is 0 Å². The number of hydrogen-bond donors (Lipinski definition) is 1. The van der Waals surface area contributed by atoms with Crippen LogP contribution in [0.15, 0.2) is 24.3 Å². The standard InChI is InChI=1S/C17H23N3/c1-2-8-19-14-10-16-6-7-17(11-14)20(16)15-5-3-4-13(9-15)12-18/h3-5,9,14,16-17,19H,2,6-8,10-11H2,1H3. The summed E-state index contributed by atoms with van der Waals surface area (Å²) in [6.45, 7) is 3.36. The van der Waals surface area contributed by atoms with Crippen molar-refractivity contribution in [3.63, 3.8) is 0 Å². The number of nitrogens with one attached hydrogen (secondary N) is 1. The van der Waals surface area contributed by atoms with Crippen LogP contribution in [0.25, 0.3) is 0 Å². The van der Waals surface area contributed by atoms with E-state index in [0.717, 1.165) is 12.1 Å². The predicted molar refractivity (Wildman–Crippen MR) is 81.8 cm³/mol. The molecule has 1 aromatic carbocycles. The molecule has 2 saturated heterocycles. The Morgan fingerprint density at radius 1 is 1.30 bits per heavy atom. The van der Waals surface area contributed by atoms with Crippen LogP contribution in [0.4, 0.5) is 5.69 Å². The second-order valence-corrected chi connectivity index (χ2v) is 6.08. The molecule has 2 fully saturated rings. The Kier molecular flexibility index (Phi) is 3.93.